The summed E-state index contributed by atoms with van der Waals surface area (Å²) in [5.41, 5.74) is 0. The minimum atomic E-state index is -0.201. The number of methoxy groups -OCH3 is 1. The fourth-order valence-electron chi connectivity index (χ4n) is 1.51. The topological polar surface area (TPSA) is 39.7 Å². The molecule has 1 aromatic carbocycles. The first kappa shape index (κ1) is 17.1. The number of thiol groups is 1. The monoisotopic (exact) mass is 315 g/mol. The molecule has 1 rings (SSSR count). The lowest BCUT2D eigenvalue weighted by atomic mass is 10.3. The quantitative estimate of drug-likeness (QED) is 0.569. The molecule has 2 atom stereocenters. The second-order valence-corrected chi connectivity index (χ2v) is 5.07. The Morgan fingerprint density at radius 3 is 2.60 bits per heavy atom. The molecule has 4 nitrogen and oxygen atoms in total. The Balaban J connectivity index is 2.33. The summed E-state index contributed by atoms with van der Waals surface area (Å²) in [5, 5.41) is 3.38. The molecule has 6 heteroatoms. The number of rotatable bonds is 8. The molecule has 0 saturated heterocycles. The van der Waals surface area contributed by atoms with Crippen molar-refractivity contribution in [2.45, 2.75) is 19.1 Å². The minimum absolute atomic E-state index is 0.100. The van der Waals surface area contributed by atoms with Crippen LogP contribution in [0.2, 0.25) is 0 Å². The van der Waals surface area contributed by atoms with Crippen molar-refractivity contribution in [1.82, 2.24) is 5.32 Å². The Hall–Kier alpha value is -0.980. The Morgan fingerprint density at radius 2 is 2.00 bits per heavy atom. The Labute approximate surface area is 131 Å². The van der Waals surface area contributed by atoms with E-state index in [0.717, 1.165) is 5.75 Å². The third-order valence-electron chi connectivity index (χ3n) is 2.44. The molecule has 2 unspecified atom stereocenters. The van der Waals surface area contributed by atoms with E-state index < -0.39 is 0 Å². The van der Waals surface area contributed by atoms with Gasteiger partial charge in [-0.3, -0.25) is 0 Å². The fourth-order valence-corrected chi connectivity index (χ4v) is 2.03. The van der Waals surface area contributed by atoms with Gasteiger partial charge in [-0.2, -0.15) is 12.6 Å². The highest BCUT2D eigenvalue weighted by Gasteiger charge is 2.13. The average molecular weight is 315 g/mol. The van der Waals surface area contributed by atoms with Crippen LogP contribution in [0.4, 0.5) is 0 Å². The van der Waals surface area contributed by atoms with Gasteiger partial charge in [0.15, 0.2) is 0 Å². The van der Waals surface area contributed by atoms with E-state index in [9.17, 15) is 0 Å². The largest absolute Gasteiger partial charge is 0.490 e. The van der Waals surface area contributed by atoms with E-state index >= 15 is 0 Å². The molecule has 112 valence electrons. The van der Waals surface area contributed by atoms with Crippen molar-refractivity contribution in [3.63, 3.8) is 0 Å². The average Bonchev–Trinajstić information content (AvgIpc) is 2.44. The molecular formula is C14H21NO3S2. The third-order valence-corrected chi connectivity index (χ3v) is 3.06. The minimum Gasteiger partial charge on any atom is -0.490 e. The van der Waals surface area contributed by atoms with E-state index in [0.29, 0.717) is 24.1 Å². The molecule has 1 aromatic rings. The first-order valence-electron chi connectivity index (χ1n) is 6.40. The number of hydrogen-bond donors (Lipinski definition) is 2. The Kier molecular flexibility index (Phi) is 8.41. The molecule has 0 aliphatic rings. The number of ether oxygens (including phenoxy) is 3. The van der Waals surface area contributed by atoms with E-state index in [1.54, 1.807) is 7.11 Å². The van der Waals surface area contributed by atoms with Crippen molar-refractivity contribution in [1.29, 1.82) is 0 Å². The molecule has 1 N–H and O–H groups in total. The standard InChI is InChI=1S/C14H21NO3S2/c1-11(8-16-2)15-14(20)18-13(10-19)9-17-12-6-4-3-5-7-12/h3-7,11,13,19H,8-10H2,1-2H3,(H,15,20). The van der Waals surface area contributed by atoms with Crippen LogP contribution in [-0.2, 0) is 9.47 Å². The zero-order chi connectivity index (χ0) is 14.8. The highest BCUT2D eigenvalue weighted by Crippen LogP contribution is 2.09. The van der Waals surface area contributed by atoms with Crippen LogP contribution in [0, 0.1) is 0 Å². The van der Waals surface area contributed by atoms with Crippen molar-refractivity contribution in [2.75, 3.05) is 26.1 Å². The molecule has 0 saturated carbocycles. The maximum Gasteiger partial charge on any atom is 0.257 e. The zero-order valence-corrected chi connectivity index (χ0v) is 13.5. The van der Waals surface area contributed by atoms with Gasteiger partial charge in [0.25, 0.3) is 5.17 Å². The number of benzene rings is 1. The molecular weight excluding hydrogens is 294 g/mol. The molecule has 0 aliphatic heterocycles. The van der Waals surface area contributed by atoms with E-state index in [-0.39, 0.29) is 12.1 Å². The van der Waals surface area contributed by atoms with Gasteiger partial charge >= 0.3 is 0 Å². The first-order valence-corrected chi connectivity index (χ1v) is 7.44. The maximum atomic E-state index is 5.63. The van der Waals surface area contributed by atoms with Crippen LogP contribution < -0.4 is 10.1 Å². The van der Waals surface area contributed by atoms with Gasteiger partial charge in [0, 0.05) is 12.9 Å². The van der Waals surface area contributed by atoms with Gasteiger partial charge in [-0.15, -0.1) is 0 Å². The van der Waals surface area contributed by atoms with Crippen LogP contribution in [0.15, 0.2) is 30.3 Å². The van der Waals surface area contributed by atoms with Gasteiger partial charge in [-0.25, -0.2) is 0 Å². The Morgan fingerprint density at radius 1 is 1.30 bits per heavy atom. The lowest BCUT2D eigenvalue weighted by molar-refractivity contribution is 0.129. The summed E-state index contributed by atoms with van der Waals surface area (Å²) in [4.78, 5) is 0. The van der Waals surface area contributed by atoms with Crippen LogP contribution in [-0.4, -0.2) is 43.4 Å². The SMILES string of the molecule is COCC(C)NC(=S)OC(CS)COc1ccccc1. The lowest BCUT2D eigenvalue weighted by Crippen LogP contribution is -2.39. The van der Waals surface area contributed by atoms with Crippen molar-refractivity contribution < 1.29 is 14.2 Å². The van der Waals surface area contributed by atoms with Crippen LogP contribution in [0.25, 0.3) is 0 Å². The van der Waals surface area contributed by atoms with Gasteiger partial charge in [0.2, 0.25) is 0 Å². The molecule has 0 amide bonds. The fraction of sp³-hybridized carbons (Fsp3) is 0.500. The third kappa shape index (κ3) is 6.98. The molecule has 0 heterocycles. The summed E-state index contributed by atoms with van der Waals surface area (Å²) < 4.78 is 16.3. The van der Waals surface area contributed by atoms with Gasteiger partial charge in [-0.05, 0) is 31.3 Å². The smallest absolute Gasteiger partial charge is 0.257 e. The van der Waals surface area contributed by atoms with Crippen LogP contribution >= 0.6 is 24.8 Å². The van der Waals surface area contributed by atoms with Crippen molar-refractivity contribution in [3.05, 3.63) is 30.3 Å². The van der Waals surface area contributed by atoms with E-state index in [1.165, 1.54) is 0 Å². The second kappa shape index (κ2) is 9.85. The van der Waals surface area contributed by atoms with Crippen molar-refractivity contribution in [3.8, 4) is 5.75 Å². The lowest BCUT2D eigenvalue weighted by Gasteiger charge is -2.21. The van der Waals surface area contributed by atoms with E-state index in [2.05, 4.69) is 17.9 Å². The van der Waals surface area contributed by atoms with E-state index in [4.69, 9.17) is 26.4 Å². The van der Waals surface area contributed by atoms with Crippen molar-refractivity contribution >= 4 is 30.0 Å². The van der Waals surface area contributed by atoms with Gasteiger partial charge in [-0.1, -0.05) is 18.2 Å². The molecule has 0 aromatic heterocycles. The van der Waals surface area contributed by atoms with Gasteiger partial charge < -0.3 is 19.5 Å². The summed E-state index contributed by atoms with van der Waals surface area (Å²) in [7, 11) is 1.65. The summed E-state index contributed by atoms with van der Waals surface area (Å²) in [6, 6.07) is 9.67. The number of thiocarbonyl (C=S) groups is 1. The molecule has 0 bridgehead atoms. The van der Waals surface area contributed by atoms with E-state index in [1.807, 2.05) is 37.3 Å². The predicted molar refractivity (Wildman–Crippen MR) is 87.7 cm³/mol. The zero-order valence-electron chi connectivity index (χ0n) is 11.7. The van der Waals surface area contributed by atoms with Gasteiger partial charge in [0.1, 0.15) is 18.5 Å². The summed E-state index contributed by atoms with van der Waals surface area (Å²) in [6.45, 7) is 2.93. The molecule has 0 fully saturated rings. The maximum absolute atomic E-state index is 5.63. The summed E-state index contributed by atoms with van der Waals surface area (Å²) >= 11 is 9.39. The Bertz CT molecular complexity index is 389. The molecule has 0 spiro atoms. The highest BCUT2D eigenvalue weighted by atomic mass is 32.1. The highest BCUT2D eigenvalue weighted by molar-refractivity contribution is 7.80. The molecule has 0 radical (unpaired) electrons. The second-order valence-electron chi connectivity index (χ2n) is 4.33. The van der Waals surface area contributed by atoms with Gasteiger partial charge in [0.05, 0.1) is 12.6 Å². The van der Waals surface area contributed by atoms with Crippen LogP contribution in [0.5, 0.6) is 5.75 Å². The van der Waals surface area contributed by atoms with Crippen molar-refractivity contribution in [2.24, 2.45) is 0 Å². The molecule has 20 heavy (non-hydrogen) atoms. The first-order chi connectivity index (χ1) is 9.65. The van der Waals surface area contributed by atoms with Crippen LogP contribution in [0.1, 0.15) is 6.92 Å². The molecule has 0 aliphatic carbocycles. The summed E-state index contributed by atoms with van der Waals surface area (Å²) in [6.07, 6.45) is -0.201. The number of nitrogens with one attached hydrogen (secondary N) is 1. The summed E-state index contributed by atoms with van der Waals surface area (Å²) in [5.74, 6) is 1.32. The predicted octanol–water partition coefficient (Wildman–Crippen LogP) is 2.29. The number of hydrogen-bond acceptors (Lipinski definition) is 5. The normalized spacial score (nSPS) is 13.3. The number of para-hydroxylation sites is 1. The van der Waals surface area contributed by atoms with Crippen LogP contribution in [0.3, 0.4) is 0 Å².